The summed E-state index contributed by atoms with van der Waals surface area (Å²) in [5, 5.41) is 14.7. The minimum absolute atomic E-state index is 0.101. The van der Waals surface area contributed by atoms with Gasteiger partial charge in [0.1, 0.15) is 5.83 Å². The van der Waals surface area contributed by atoms with E-state index in [0.717, 1.165) is 10.4 Å². The Hall–Kier alpha value is -2.43. The second-order valence-corrected chi connectivity index (χ2v) is 8.57. The van der Waals surface area contributed by atoms with Crippen molar-refractivity contribution in [3.8, 4) is 11.1 Å². The van der Waals surface area contributed by atoms with E-state index >= 15 is 0 Å². The maximum Gasteiger partial charge on any atom is 0.404 e. The molecule has 0 atom stereocenters. The van der Waals surface area contributed by atoms with Crippen molar-refractivity contribution >= 4 is 27.7 Å². The van der Waals surface area contributed by atoms with Gasteiger partial charge in [-0.05, 0) is 30.7 Å². The van der Waals surface area contributed by atoms with Gasteiger partial charge in [0.05, 0.1) is 11.4 Å². The van der Waals surface area contributed by atoms with Gasteiger partial charge in [0, 0.05) is 31.9 Å². The Kier molecular flexibility index (Phi) is 6.81. The smallest absolute Gasteiger partial charge is 0.404 e. The molecule has 1 amide bonds. The van der Waals surface area contributed by atoms with Crippen LogP contribution in [0.15, 0.2) is 41.1 Å². The molecule has 0 unspecified atom stereocenters. The molecule has 0 saturated heterocycles. The number of sulfonamides is 1. The zero-order chi connectivity index (χ0) is 21.1. The Morgan fingerprint density at radius 1 is 1.43 bits per heavy atom. The van der Waals surface area contributed by atoms with Crippen molar-refractivity contribution < 1.29 is 22.7 Å². The van der Waals surface area contributed by atoms with E-state index in [1.165, 1.54) is 30.9 Å². The molecule has 0 aliphatic carbocycles. The number of hydrogen-bond acceptors (Lipinski definition) is 4. The first-order valence-electron chi connectivity index (χ1n) is 8.11. The summed E-state index contributed by atoms with van der Waals surface area (Å²) in [7, 11) is -0.749. The van der Waals surface area contributed by atoms with Gasteiger partial charge in [-0.3, -0.25) is 4.68 Å². The van der Waals surface area contributed by atoms with E-state index in [-0.39, 0.29) is 23.1 Å². The largest absolute Gasteiger partial charge is 0.465 e. The minimum atomic E-state index is -3.62. The number of nitrogens with zero attached hydrogens (tertiary/aromatic N) is 3. The minimum Gasteiger partial charge on any atom is -0.465 e. The molecular weight excluding hydrogens is 411 g/mol. The van der Waals surface area contributed by atoms with Crippen LogP contribution < -0.4 is 5.32 Å². The van der Waals surface area contributed by atoms with Crippen LogP contribution >= 0.6 is 11.6 Å². The van der Waals surface area contributed by atoms with Crippen molar-refractivity contribution in [1.82, 2.24) is 19.4 Å². The number of carbonyl (C=O) groups is 1. The average molecular weight is 431 g/mol. The topological polar surface area (TPSA) is 105 Å². The zero-order valence-electron chi connectivity index (χ0n) is 15.5. The monoisotopic (exact) mass is 430 g/mol. The highest BCUT2D eigenvalue weighted by molar-refractivity contribution is 7.89. The quantitative estimate of drug-likeness (QED) is 0.702. The number of rotatable bonds is 7. The van der Waals surface area contributed by atoms with Gasteiger partial charge in [-0.1, -0.05) is 23.7 Å². The Morgan fingerprint density at radius 2 is 2.11 bits per heavy atom. The van der Waals surface area contributed by atoms with Crippen molar-refractivity contribution in [3.63, 3.8) is 0 Å². The third-order valence-electron chi connectivity index (χ3n) is 3.94. The molecule has 0 bridgehead atoms. The van der Waals surface area contributed by atoms with Gasteiger partial charge < -0.3 is 10.4 Å². The summed E-state index contributed by atoms with van der Waals surface area (Å²) in [6.45, 7) is 1.28. The van der Waals surface area contributed by atoms with Crippen molar-refractivity contribution in [1.29, 1.82) is 0 Å². The number of nitrogens with one attached hydrogen (secondary N) is 1. The molecule has 1 aromatic carbocycles. The SMILES string of the molecule is Cc1c(-c2cccc(S(=O)(=O)N(C)C)c2)c(Cl)nn1CC(F)=CCNC(=O)O. The molecule has 2 rings (SSSR count). The number of carboxylic acid groups (broad SMARTS) is 1. The first kappa shape index (κ1) is 21.9. The molecule has 0 saturated carbocycles. The lowest BCUT2D eigenvalue weighted by Gasteiger charge is -2.12. The highest BCUT2D eigenvalue weighted by Gasteiger charge is 2.20. The van der Waals surface area contributed by atoms with Crippen LogP contribution in [0.3, 0.4) is 0 Å². The Bertz CT molecular complexity index is 1020. The fourth-order valence-corrected chi connectivity index (χ4v) is 3.76. The summed E-state index contributed by atoms with van der Waals surface area (Å²) in [6.07, 6.45) is -0.162. The first-order valence-corrected chi connectivity index (χ1v) is 9.93. The fourth-order valence-electron chi connectivity index (χ4n) is 2.47. The molecule has 28 heavy (non-hydrogen) atoms. The van der Waals surface area contributed by atoms with Crippen molar-refractivity contribution in [2.75, 3.05) is 20.6 Å². The predicted octanol–water partition coefficient (Wildman–Crippen LogP) is 2.88. The summed E-state index contributed by atoms with van der Waals surface area (Å²) in [5.74, 6) is -0.591. The van der Waals surface area contributed by atoms with Crippen LogP contribution in [0.5, 0.6) is 0 Å². The molecule has 8 nitrogen and oxygen atoms in total. The molecule has 0 spiro atoms. The van der Waals surface area contributed by atoms with Crippen LogP contribution in [0, 0.1) is 6.92 Å². The van der Waals surface area contributed by atoms with Crippen molar-refractivity contribution in [2.45, 2.75) is 18.4 Å². The number of allylic oxidation sites excluding steroid dienone is 1. The normalized spacial score (nSPS) is 12.4. The van der Waals surface area contributed by atoms with E-state index in [9.17, 15) is 17.6 Å². The van der Waals surface area contributed by atoms with E-state index in [0.29, 0.717) is 16.8 Å². The number of aromatic nitrogens is 2. The number of amides is 1. The lowest BCUT2D eigenvalue weighted by Crippen LogP contribution is -2.22. The molecule has 1 aromatic heterocycles. The highest BCUT2D eigenvalue weighted by atomic mass is 35.5. The molecule has 0 aliphatic rings. The van der Waals surface area contributed by atoms with Gasteiger partial charge in [0.2, 0.25) is 10.0 Å². The fraction of sp³-hybridized carbons (Fsp3) is 0.294. The lowest BCUT2D eigenvalue weighted by molar-refractivity contribution is 0.195. The van der Waals surface area contributed by atoms with Gasteiger partial charge in [-0.25, -0.2) is 21.9 Å². The van der Waals surface area contributed by atoms with E-state index in [2.05, 4.69) is 5.10 Å². The molecule has 152 valence electrons. The Labute approximate surface area is 167 Å². The second kappa shape index (κ2) is 8.72. The van der Waals surface area contributed by atoms with Crippen LogP contribution in [-0.2, 0) is 16.6 Å². The number of benzene rings is 1. The third-order valence-corrected chi connectivity index (χ3v) is 6.02. The van der Waals surface area contributed by atoms with E-state index in [1.54, 1.807) is 19.1 Å². The maximum atomic E-state index is 14.0. The van der Waals surface area contributed by atoms with Gasteiger partial charge in [-0.2, -0.15) is 5.10 Å². The number of halogens is 2. The molecule has 11 heteroatoms. The van der Waals surface area contributed by atoms with Crippen molar-refractivity contribution in [3.05, 3.63) is 47.0 Å². The Balaban J connectivity index is 2.36. The van der Waals surface area contributed by atoms with Crippen molar-refractivity contribution in [2.24, 2.45) is 0 Å². The zero-order valence-corrected chi connectivity index (χ0v) is 17.1. The molecule has 0 aliphatic heterocycles. The summed E-state index contributed by atoms with van der Waals surface area (Å²) in [6, 6.07) is 6.25. The summed E-state index contributed by atoms with van der Waals surface area (Å²) < 4.78 is 41.2. The van der Waals surface area contributed by atoms with Crippen LogP contribution in [-0.4, -0.2) is 54.3 Å². The maximum absolute atomic E-state index is 14.0. The molecule has 1 heterocycles. The second-order valence-electron chi connectivity index (χ2n) is 6.06. The Morgan fingerprint density at radius 3 is 2.71 bits per heavy atom. The first-order chi connectivity index (χ1) is 13.0. The predicted molar refractivity (Wildman–Crippen MR) is 104 cm³/mol. The highest BCUT2D eigenvalue weighted by Crippen LogP contribution is 2.32. The van der Waals surface area contributed by atoms with Gasteiger partial charge in [-0.15, -0.1) is 0 Å². The van der Waals surface area contributed by atoms with Crippen LogP contribution in [0.2, 0.25) is 5.15 Å². The molecule has 2 aromatic rings. The van der Waals surface area contributed by atoms with Gasteiger partial charge in [0.25, 0.3) is 0 Å². The summed E-state index contributed by atoms with van der Waals surface area (Å²) in [5.41, 5.74) is 1.57. The van der Waals surface area contributed by atoms with Gasteiger partial charge >= 0.3 is 6.09 Å². The number of hydrogen-bond donors (Lipinski definition) is 2. The molecule has 0 fully saturated rings. The molecular formula is C17H20ClFN4O4S. The average Bonchev–Trinajstić information content (AvgIpc) is 2.88. The van der Waals surface area contributed by atoms with E-state index < -0.39 is 21.9 Å². The molecule has 0 radical (unpaired) electrons. The van der Waals surface area contributed by atoms with Crippen LogP contribution in [0.4, 0.5) is 9.18 Å². The van der Waals surface area contributed by atoms with Crippen LogP contribution in [0.1, 0.15) is 5.69 Å². The summed E-state index contributed by atoms with van der Waals surface area (Å²) in [4.78, 5) is 10.5. The van der Waals surface area contributed by atoms with Crippen LogP contribution in [0.25, 0.3) is 11.1 Å². The van der Waals surface area contributed by atoms with E-state index in [1.807, 2.05) is 5.32 Å². The van der Waals surface area contributed by atoms with E-state index in [4.69, 9.17) is 16.7 Å². The standard InChI is InChI=1S/C17H20ClFN4O4S/c1-11-15(12-5-4-6-14(9-12)28(26,27)22(2)3)16(18)21-23(11)10-13(19)7-8-20-17(24)25/h4-7,9,20H,8,10H2,1-3H3,(H,24,25). The summed E-state index contributed by atoms with van der Waals surface area (Å²) >= 11 is 6.22. The third kappa shape index (κ3) is 4.89. The molecule has 2 N–H and O–H groups in total. The van der Waals surface area contributed by atoms with Gasteiger partial charge in [0.15, 0.2) is 5.15 Å². The lowest BCUT2D eigenvalue weighted by atomic mass is 10.1.